The molecule has 0 amide bonds. The molecule has 118 valence electrons. The summed E-state index contributed by atoms with van der Waals surface area (Å²) in [7, 11) is -3.80. The molecule has 0 aliphatic rings. The lowest BCUT2D eigenvalue weighted by atomic mass is 10.2. The molecule has 3 nitrogen and oxygen atoms in total. The molecule has 0 saturated heterocycles. The van der Waals surface area contributed by atoms with Crippen LogP contribution in [0.1, 0.15) is 5.56 Å². The summed E-state index contributed by atoms with van der Waals surface area (Å²) in [6.45, 7) is 0.245. The Morgan fingerprint density at radius 3 is 2.45 bits per heavy atom. The highest BCUT2D eigenvalue weighted by atomic mass is 35.5. The molecule has 0 saturated carbocycles. The predicted molar refractivity (Wildman–Crippen MR) is 89.2 cm³/mol. The van der Waals surface area contributed by atoms with Crippen LogP contribution in [0.2, 0.25) is 5.02 Å². The summed E-state index contributed by atoms with van der Waals surface area (Å²) >= 11 is 7.39. The molecule has 0 radical (unpaired) electrons. The summed E-state index contributed by atoms with van der Waals surface area (Å²) in [6, 6.07) is 12.8. The van der Waals surface area contributed by atoms with Gasteiger partial charge in [-0.2, -0.15) is 11.8 Å². The van der Waals surface area contributed by atoms with Gasteiger partial charge in [-0.15, -0.1) is 0 Å². The van der Waals surface area contributed by atoms with Gasteiger partial charge in [-0.25, -0.2) is 17.5 Å². The number of thioether (sulfide) groups is 1. The minimum Gasteiger partial charge on any atom is -0.210 e. The quantitative estimate of drug-likeness (QED) is 0.767. The minimum atomic E-state index is -3.80. The zero-order chi connectivity index (χ0) is 16.0. The summed E-state index contributed by atoms with van der Waals surface area (Å²) in [6.07, 6.45) is 0. The van der Waals surface area contributed by atoms with Crippen molar-refractivity contribution in [2.45, 2.75) is 10.6 Å². The van der Waals surface area contributed by atoms with E-state index in [4.69, 9.17) is 11.6 Å². The van der Waals surface area contributed by atoms with Gasteiger partial charge in [0.15, 0.2) is 0 Å². The fourth-order valence-corrected chi connectivity index (χ4v) is 3.94. The molecule has 22 heavy (non-hydrogen) atoms. The number of hydrogen-bond donors (Lipinski definition) is 1. The fraction of sp³-hybridized carbons (Fsp3) is 0.200. The van der Waals surface area contributed by atoms with E-state index in [-0.39, 0.29) is 11.4 Å². The maximum atomic E-state index is 13.5. The highest BCUT2D eigenvalue weighted by Crippen LogP contribution is 2.16. The average molecular weight is 360 g/mol. The molecule has 7 heteroatoms. The van der Waals surface area contributed by atoms with Crippen LogP contribution in [0.4, 0.5) is 4.39 Å². The van der Waals surface area contributed by atoms with Crippen molar-refractivity contribution < 1.29 is 12.8 Å². The summed E-state index contributed by atoms with van der Waals surface area (Å²) in [5, 5.41) is 0.686. The lowest BCUT2D eigenvalue weighted by molar-refractivity contribution is 0.559. The van der Waals surface area contributed by atoms with E-state index in [1.807, 2.05) is 24.3 Å². The van der Waals surface area contributed by atoms with Gasteiger partial charge in [-0.1, -0.05) is 35.9 Å². The number of nitrogens with one attached hydrogen (secondary N) is 1. The van der Waals surface area contributed by atoms with Crippen molar-refractivity contribution in [3.05, 3.63) is 64.9 Å². The monoisotopic (exact) mass is 359 g/mol. The van der Waals surface area contributed by atoms with E-state index in [2.05, 4.69) is 4.72 Å². The standard InChI is InChI=1S/C15H15ClFNO2S2/c16-13-7-5-12(6-8-13)11-21-10-9-18-22(19,20)15-4-2-1-3-14(15)17/h1-8,18H,9-11H2. The molecule has 0 aliphatic heterocycles. The van der Waals surface area contributed by atoms with Gasteiger partial charge in [-0.3, -0.25) is 0 Å². The zero-order valence-corrected chi connectivity index (χ0v) is 14.0. The topological polar surface area (TPSA) is 46.2 Å². The van der Waals surface area contributed by atoms with E-state index in [1.165, 1.54) is 18.2 Å². The molecule has 1 N–H and O–H groups in total. The Labute approximate surface area is 138 Å². The third-order valence-electron chi connectivity index (χ3n) is 2.85. The lowest BCUT2D eigenvalue weighted by Gasteiger charge is -2.07. The molecule has 0 bridgehead atoms. The molecule has 2 aromatic carbocycles. The molecule has 0 aliphatic carbocycles. The van der Waals surface area contributed by atoms with Crippen LogP contribution >= 0.6 is 23.4 Å². The third kappa shape index (κ3) is 4.98. The van der Waals surface area contributed by atoms with Crippen LogP contribution in [0.3, 0.4) is 0 Å². The van der Waals surface area contributed by atoms with E-state index in [9.17, 15) is 12.8 Å². The van der Waals surface area contributed by atoms with Crippen LogP contribution in [0.5, 0.6) is 0 Å². The number of rotatable bonds is 7. The Morgan fingerprint density at radius 2 is 1.77 bits per heavy atom. The highest BCUT2D eigenvalue weighted by molar-refractivity contribution is 7.98. The fourth-order valence-electron chi connectivity index (χ4n) is 1.76. The number of sulfonamides is 1. The van der Waals surface area contributed by atoms with E-state index < -0.39 is 15.8 Å². The van der Waals surface area contributed by atoms with E-state index in [1.54, 1.807) is 11.8 Å². The van der Waals surface area contributed by atoms with Gasteiger partial charge in [-0.05, 0) is 29.8 Å². The Balaban J connectivity index is 1.79. The van der Waals surface area contributed by atoms with Crippen molar-refractivity contribution >= 4 is 33.4 Å². The lowest BCUT2D eigenvalue weighted by Crippen LogP contribution is -2.26. The van der Waals surface area contributed by atoms with Crippen LogP contribution in [0.15, 0.2) is 53.4 Å². The highest BCUT2D eigenvalue weighted by Gasteiger charge is 2.17. The second-order valence-electron chi connectivity index (χ2n) is 4.51. The van der Waals surface area contributed by atoms with Crippen LogP contribution in [-0.4, -0.2) is 20.7 Å². The average Bonchev–Trinajstić information content (AvgIpc) is 2.49. The van der Waals surface area contributed by atoms with Crippen LogP contribution in [0, 0.1) is 5.82 Å². The van der Waals surface area contributed by atoms with Crippen LogP contribution in [0.25, 0.3) is 0 Å². The van der Waals surface area contributed by atoms with Crippen molar-refractivity contribution in [1.82, 2.24) is 4.72 Å². The summed E-state index contributed by atoms with van der Waals surface area (Å²) in [5.74, 6) is 0.610. The maximum Gasteiger partial charge on any atom is 0.243 e. The molecule has 0 atom stereocenters. The van der Waals surface area contributed by atoms with E-state index >= 15 is 0 Å². The first-order valence-electron chi connectivity index (χ1n) is 6.55. The summed E-state index contributed by atoms with van der Waals surface area (Å²) in [4.78, 5) is -0.322. The van der Waals surface area contributed by atoms with Gasteiger partial charge in [0.2, 0.25) is 10.0 Å². The van der Waals surface area contributed by atoms with Gasteiger partial charge in [0.25, 0.3) is 0 Å². The molecule has 0 spiro atoms. The third-order valence-corrected chi connectivity index (χ3v) is 5.62. The van der Waals surface area contributed by atoms with Crippen LogP contribution in [-0.2, 0) is 15.8 Å². The largest absolute Gasteiger partial charge is 0.243 e. The van der Waals surface area contributed by atoms with Gasteiger partial charge >= 0.3 is 0 Å². The first kappa shape index (κ1) is 17.3. The Hall–Kier alpha value is -1.08. The van der Waals surface area contributed by atoms with Gasteiger partial charge in [0, 0.05) is 23.1 Å². The maximum absolute atomic E-state index is 13.5. The molecule has 0 fully saturated rings. The first-order chi connectivity index (χ1) is 10.5. The van der Waals surface area contributed by atoms with Crippen molar-refractivity contribution in [1.29, 1.82) is 0 Å². The number of hydrogen-bond acceptors (Lipinski definition) is 3. The minimum absolute atomic E-state index is 0.245. The van der Waals surface area contributed by atoms with Gasteiger partial charge < -0.3 is 0 Å². The summed E-state index contributed by atoms with van der Waals surface area (Å²) < 4.78 is 39.8. The molecular formula is C15H15ClFNO2S2. The second kappa shape index (κ2) is 7.97. The Morgan fingerprint density at radius 1 is 1.09 bits per heavy atom. The smallest absolute Gasteiger partial charge is 0.210 e. The molecule has 2 rings (SSSR count). The molecular weight excluding hydrogens is 345 g/mol. The van der Waals surface area contributed by atoms with E-state index in [0.717, 1.165) is 17.4 Å². The number of halogens is 2. The molecule has 0 aromatic heterocycles. The summed E-state index contributed by atoms with van der Waals surface area (Å²) in [5.41, 5.74) is 1.12. The van der Waals surface area contributed by atoms with Crippen molar-refractivity contribution in [2.75, 3.05) is 12.3 Å². The van der Waals surface area contributed by atoms with E-state index in [0.29, 0.717) is 10.8 Å². The Bertz CT molecular complexity index is 721. The van der Waals surface area contributed by atoms with Gasteiger partial charge in [0.05, 0.1) is 0 Å². The zero-order valence-electron chi connectivity index (χ0n) is 11.6. The SMILES string of the molecule is O=S(=O)(NCCSCc1ccc(Cl)cc1)c1ccccc1F. The van der Waals surface area contributed by atoms with Crippen molar-refractivity contribution in [2.24, 2.45) is 0 Å². The molecule has 0 heterocycles. The molecule has 0 unspecified atom stereocenters. The second-order valence-corrected chi connectivity index (χ2v) is 7.78. The predicted octanol–water partition coefficient (Wildman–Crippen LogP) is 3.69. The number of benzene rings is 2. The normalized spacial score (nSPS) is 11.5. The van der Waals surface area contributed by atoms with Crippen LogP contribution < -0.4 is 4.72 Å². The molecule has 2 aromatic rings. The van der Waals surface area contributed by atoms with Crippen molar-refractivity contribution in [3.8, 4) is 0 Å². The first-order valence-corrected chi connectivity index (χ1v) is 9.57. The van der Waals surface area contributed by atoms with Crippen molar-refractivity contribution in [3.63, 3.8) is 0 Å². The Kier molecular flexibility index (Phi) is 6.26. The van der Waals surface area contributed by atoms with Gasteiger partial charge in [0.1, 0.15) is 10.7 Å².